The van der Waals surface area contributed by atoms with E-state index in [1.165, 1.54) is 6.42 Å². The molecular weight excluding hydrogens is 302 g/mol. The number of rotatable bonds is 7. The normalized spacial score (nSPS) is 17.6. The van der Waals surface area contributed by atoms with Gasteiger partial charge in [-0.15, -0.1) is 0 Å². The summed E-state index contributed by atoms with van der Waals surface area (Å²) >= 11 is 0. The van der Waals surface area contributed by atoms with Crippen molar-refractivity contribution in [3.8, 4) is 0 Å². The summed E-state index contributed by atoms with van der Waals surface area (Å²) in [4.78, 5) is 31.1. The Balaban J connectivity index is 2.03. The second-order valence-corrected chi connectivity index (χ2v) is 6.45. The Labute approximate surface area is 144 Å². The highest BCUT2D eigenvalue weighted by atomic mass is 16.2. The average Bonchev–Trinajstić information content (AvgIpc) is 2.64. The first-order valence-corrected chi connectivity index (χ1v) is 9.22. The molecule has 24 heavy (non-hydrogen) atoms. The Morgan fingerprint density at radius 2 is 2.12 bits per heavy atom. The summed E-state index contributed by atoms with van der Waals surface area (Å²) in [5.41, 5.74) is 0.881. The van der Waals surface area contributed by atoms with E-state index >= 15 is 0 Å². The number of nitrogens with zero attached hydrogens (tertiary/aromatic N) is 2. The lowest BCUT2D eigenvalue weighted by Gasteiger charge is -2.35. The maximum Gasteiger partial charge on any atom is 0.269 e. The predicted molar refractivity (Wildman–Crippen MR) is 95.1 cm³/mol. The first kappa shape index (κ1) is 18.4. The Morgan fingerprint density at radius 1 is 1.29 bits per heavy atom. The van der Waals surface area contributed by atoms with Gasteiger partial charge in [-0.3, -0.25) is 14.6 Å². The fraction of sp³-hybridized carbons (Fsp3) is 0.632. The molecule has 1 aromatic heterocycles. The number of pyridine rings is 1. The van der Waals surface area contributed by atoms with Gasteiger partial charge in [0.2, 0.25) is 0 Å². The van der Waals surface area contributed by atoms with Crippen molar-refractivity contribution in [3.63, 3.8) is 0 Å². The Morgan fingerprint density at radius 3 is 2.88 bits per heavy atom. The number of unbranched alkanes of at least 4 members (excludes halogenated alkanes) is 2. The molecule has 5 heteroatoms. The van der Waals surface area contributed by atoms with E-state index in [-0.39, 0.29) is 11.8 Å². The minimum Gasteiger partial charge on any atom is -0.351 e. The first-order chi connectivity index (χ1) is 11.7. The standard InChI is InChI=1S/C19H29N3O2/c1-3-5-7-11-21-18(23)17-14-15(10-12-20-17)19(24)22-13-8-6-9-16(22)4-2/h10,12,14,16H,3-9,11,13H2,1-2H3,(H,21,23). The van der Waals surface area contributed by atoms with E-state index in [2.05, 4.69) is 24.1 Å². The largest absolute Gasteiger partial charge is 0.351 e. The van der Waals surface area contributed by atoms with E-state index < -0.39 is 0 Å². The fourth-order valence-corrected chi connectivity index (χ4v) is 3.21. The number of nitrogens with one attached hydrogen (secondary N) is 1. The molecule has 1 N–H and O–H groups in total. The Kier molecular flexibility index (Phi) is 7.22. The number of hydrogen-bond acceptors (Lipinski definition) is 3. The summed E-state index contributed by atoms with van der Waals surface area (Å²) in [6, 6.07) is 3.64. The summed E-state index contributed by atoms with van der Waals surface area (Å²) in [6.45, 7) is 5.70. The Bertz CT molecular complexity index is 559. The zero-order chi connectivity index (χ0) is 17.4. The van der Waals surface area contributed by atoms with Crippen LogP contribution >= 0.6 is 0 Å². The van der Waals surface area contributed by atoms with E-state index in [9.17, 15) is 9.59 Å². The van der Waals surface area contributed by atoms with Crippen molar-refractivity contribution < 1.29 is 9.59 Å². The van der Waals surface area contributed by atoms with E-state index in [1.54, 1.807) is 18.3 Å². The second-order valence-electron chi connectivity index (χ2n) is 6.45. The van der Waals surface area contributed by atoms with E-state index in [0.717, 1.165) is 45.1 Å². The first-order valence-electron chi connectivity index (χ1n) is 9.22. The SMILES string of the molecule is CCCCCNC(=O)c1cc(C(=O)N2CCCCC2CC)ccn1. The summed E-state index contributed by atoms with van der Waals surface area (Å²) < 4.78 is 0. The summed E-state index contributed by atoms with van der Waals surface area (Å²) in [5, 5.41) is 2.87. The molecule has 0 aliphatic carbocycles. The molecule has 1 unspecified atom stereocenters. The lowest BCUT2D eigenvalue weighted by molar-refractivity contribution is 0.0608. The van der Waals surface area contributed by atoms with Crippen LogP contribution in [0, 0.1) is 0 Å². The average molecular weight is 331 g/mol. The van der Waals surface area contributed by atoms with Gasteiger partial charge < -0.3 is 10.2 Å². The quantitative estimate of drug-likeness (QED) is 0.779. The molecule has 0 saturated carbocycles. The van der Waals surface area contributed by atoms with Gasteiger partial charge in [0.15, 0.2) is 0 Å². The van der Waals surface area contributed by atoms with Crippen LogP contribution in [0.25, 0.3) is 0 Å². The number of amides is 2. The molecule has 5 nitrogen and oxygen atoms in total. The number of carbonyl (C=O) groups excluding carboxylic acids is 2. The molecule has 0 aromatic carbocycles. The monoisotopic (exact) mass is 331 g/mol. The number of hydrogen-bond donors (Lipinski definition) is 1. The van der Waals surface area contributed by atoms with Crippen LogP contribution in [0.1, 0.15) is 79.6 Å². The predicted octanol–water partition coefficient (Wildman–Crippen LogP) is 3.41. The van der Waals surface area contributed by atoms with Gasteiger partial charge in [0.25, 0.3) is 11.8 Å². The third-order valence-corrected chi connectivity index (χ3v) is 4.66. The highest BCUT2D eigenvalue weighted by Gasteiger charge is 2.26. The zero-order valence-corrected chi connectivity index (χ0v) is 14.9. The number of likely N-dealkylation sites (tertiary alicyclic amines) is 1. The summed E-state index contributed by atoms with van der Waals surface area (Å²) in [5.74, 6) is -0.185. The molecule has 1 aliphatic rings. The maximum absolute atomic E-state index is 12.8. The van der Waals surface area contributed by atoms with Crippen molar-refractivity contribution in [3.05, 3.63) is 29.6 Å². The van der Waals surface area contributed by atoms with Crippen molar-refractivity contribution in [2.45, 2.75) is 64.8 Å². The van der Waals surface area contributed by atoms with Gasteiger partial charge in [-0.2, -0.15) is 0 Å². The molecule has 1 fully saturated rings. The van der Waals surface area contributed by atoms with Crippen LogP contribution in [-0.4, -0.2) is 40.8 Å². The molecule has 0 radical (unpaired) electrons. The van der Waals surface area contributed by atoms with Gasteiger partial charge >= 0.3 is 0 Å². The minimum absolute atomic E-state index is 0.0176. The molecule has 1 aromatic rings. The summed E-state index contributed by atoms with van der Waals surface area (Å²) in [7, 11) is 0. The molecule has 1 saturated heterocycles. The lowest BCUT2D eigenvalue weighted by Crippen LogP contribution is -2.43. The maximum atomic E-state index is 12.8. The number of piperidine rings is 1. The van der Waals surface area contributed by atoms with E-state index in [1.807, 2.05) is 4.90 Å². The molecule has 132 valence electrons. The molecular formula is C19H29N3O2. The number of carbonyl (C=O) groups is 2. The van der Waals surface area contributed by atoms with Gasteiger partial charge in [0.1, 0.15) is 5.69 Å². The summed E-state index contributed by atoms with van der Waals surface area (Å²) in [6.07, 6.45) is 9.01. The van der Waals surface area contributed by atoms with Crippen LogP contribution in [0.3, 0.4) is 0 Å². The van der Waals surface area contributed by atoms with Gasteiger partial charge in [0, 0.05) is 30.9 Å². The third kappa shape index (κ3) is 4.79. The van der Waals surface area contributed by atoms with Crippen LogP contribution in [0.2, 0.25) is 0 Å². The van der Waals surface area contributed by atoms with Crippen LogP contribution < -0.4 is 5.32 Å². The second kappa shape index (κ2) is 9.40. The molecule has 0 spiro atoms. The zero-order valence-electron chi connectivity index (χ0n) is 14.9. The van der Waals surface area contributed by atoms with E-state index in [0.29, 0.717) is 23.8 Å². The Hall–Kier alpha value is -1.91. The highest BCUT2D eigenvalue weighted by molar-refractivity contribution is 5.98. The van der Waals surface area contributed by atoms with Gasteiger partial charge in [-0.1, -0.05) is 26.7 Å². The van der Waals surface area contributed by atoms with Crippen molar-refractivity contribution in [2.75, 3.05) is 13.1 Å². The van der Waals surface area contributed by atoms with Crippen molar-refractivity contribution in [2.24, 2.45) is 0 Å². The highest BCUT2D eigenvalue weighted by Crippen LogP contribution is 2.21. The van der Waals surface area contributed by atoms with Crippen molar-refractivity contribution >= 4 is 11.8 Å². The van der Waals surface area contributed by atoms with Crippen LogP contribution in [0.15, 0.2) is 18.3 Å². The smallest absolute Gasteiger partial charge is 0.269 e. The van der Waals surface area contributed by atoms with Crippen LogP contribution in [-0.2, 0) is 0 Å². The molecule has 2 amide bonds. The minimum atomic E-state index is -0.202. The third-order valence-electron chi connectivity index (χ3n) is 4.66. The van der Waals surface area contributed by atoms with Crippen LogP contribution in [0.5, 0.6) is 0 Å². The molecule has 0 bridgehead atoms. The molecule has 1 aliphatic heterocycles. The van der Waals surface area contributed by atoms with Gasteiger partial charge in [-0.25, -0.2) is 0 Å². The van der Waals surface area contributed by atoms with E-state index in [4.69, 9.17) is 0 Å². The van der Waals surface area contributed by atoms with Gasteiger partial charge in [0.05, 0.1) is 0 Å². The molecule has 2 heterocycles. The van der Waals surface area contributed by atoms with Crippen LogP contribution in [0.4, 0.5) is 0 Å². The lowest BCUT2D eigenvalue weighted by atomic mass is 9.99. The van der Waals surface area contributed by atoms with Gasteiger partial charge in [-0.05, 0) is 44.2 Å². The van der Waals surface area contributed by atoms with Crippen molar-refractivity contribution in [1.29, 1.82) is 0 Å². The fourth-order valence-electron chi connectivity index (χ4n) is 3.21. The number of aromatic nitrogens is 1. The topological polar surface area (TPSA) is 62.3 Å². The molecule has 2 rings (SSSR count). The van der Waals surface area contributed by atoms with Crippen molar-refractivity contribution in [1.82, 2.24) is 15.2 Å². The molecule has 1 atom stereocenters.